The Morgan fingerprint density at radius 1 is 1.22 bits per heavy atom. The Kier molecular flexibility index (Phi) is 3.38. The second kappa shape index (κ2) is 4.96. The number of nitrogens with two attached hydrogens (primary N) is 1. The standard InChI is InChI=1S/C13H17N5/c1-17-7-11(8-18(2)13(17)16-9-14)10-3-5-12(15)6-4-10/h3-6,11H,7-8,15H2,1-2H3. The Bertz CT molecular complexity index is 471. The van der Waals surface area contributed by atoms with Gasteiger partial charge in [0.25, 0.3) is 0 Å². The lowest BCUT2D eigenvalue weighted by Gasteiger charge is -2.39. The van der Waals surface area contributed by atoms with E-state index in [4.69, 9.17) is 11.0 Å². The zero-order chi connectivity index (χ0) is 13.1. The van der Waals surface area contributed by atoms with E-state index in [0.29, 0.717) is 5.92 Å². The van der Waals surface area contributed by atoms with E-state index in [-0.39, 0.29) is 0 Å². The van der Waals surface area contributed by atoms with Gasteiger partial charge in [0.1, 0.15) is 0 Å². The highest BCUT2D eigenvalue weighted by Gasteiger charge is 2.26. The molecule has 2 rings (SSSR count). The van der Waals surface area contributed by atoms with E-state index >= 15 is 0 Å². The number of hydrogen-bond donors (Lipinski definition) is 1. The summed E-state index contributed by atoms with van der Waals surface area (Å²) < 4.78 is 0. The molecule has 18 heavy (non-hydrogen) atoms. The van der Waals surface area contributed by atoms with E-state index in [1.807, 2.05) is 42.2 Å². The number of hydrogen-bond acceptors (Lipinski definition) is 3. The zero-order valence-electron chi connectivity index (χ0n) is 10.7. The largest absolute Gasteiger partial charge is 0.399 e. The summed E-state index contributed by atoms with van der Waals surface area (Å²) in [5.74, 6) is 1.13. The average molecular weight is 243 g/mol. The predicted molar refractivity (Wildman–Crippen MR) is 71.9 cm³/mol. The van der Waals surface area contributed by atoms with Crippen molar-refractivity contribution in [3.05, 3.63) is 29.8 Å². The van der Waals surface area contributed by atoms with Crippen LogP contribution < -0.4 is 5.73 Å². The molecule has 0 spiro atoms. The number of anilines is 1. The number of guanidine groups is 1. The van der Waals surface area contributed by atoms with Crippen molar-refractivity contribution in [1.29, 1.82) is 5.26 Å². The maximum Gasteiger partial charge on any atom is 0.212 e. The van der Waals surface area contributed by atoms with E-state index in [2.05, 4.69) is 17.1 Å². The van der Waals surface area contributed by atoms with E-state index in [0.717, 1.165) is 24.7 Å². The van der Waals surface area contributed by atoms with Gasteiger partial charge in [-0.05, 0) is 17.7 Å². The SMILES string of the molecule is CN1CC(c2ccc(N)cc2)CN(C)C1=NC#N. The van der Waals surface area contributed by atoms with Crippen molar-refractivity contribution in [3.8, 4) is 6.19 Å². The summed E-state index contributed by atoms with van der Waals surface area (Å²) in [7, 11) is 3.91. The van der Waals surface area contributed by atoms with Gasteiger partial charge in [-0.3, -0.25) is 0 Å². The lowest BCUT2D eigenvalue weighted by molar-refractivity contribution is 0.287. The van der Waals surface area contributed by atoms with Crippen LogP contribution in [0.2, 0.25) is 0 Å². The molecule has 1 aliphatic rings. The second-order valence-electron chi connectivity index (χ2n) is 4.64. The van der Waals surface area contributed by atoms with Crippen molar-refractivity contribution >= 4 is 11.6 Å². The molecule has 0 saturated carbocycles. The Balaban J connectivity index is 2.18. The van der Waals surface area contributed by atoms with Crippen LogP contribution in [0.3, 0.4) is 0 Å². The van der Waals surface area contributed by atoms with Crippen molar-refractivity contribution in [2.24, 2.45) is 4.99 Å². The van der Waals surface area contributed by atoms with Crippen LogP contribution in [0.5, 0.6) is 0 Å². The Morgan fingerprint density at radius 3 is 2.28 bits per heavy atom. The molecular formula is C13H17N5. The van der Waals surface area contributed by atoms with E-state index < -0.39 is 0 Å². The highest BCUT2D eigenvalue weighted by Crippen LogP contribution is 2.23. The summed E-state index contributed by atoms with van der Waals surface area (Å²) in [5, 5.41) is 8.66. The minimum atomic E-state index is 0.401. The maximum atomic E-state index is 8.66. The number of likely N-dealkylation sites (N-methyl/N-ethyl adjacent to an activating group) is 2. The summed E-state index contributed by atoms with van der Waals surface area (Å²) >= 11 is 0. The van der Waals surface area contributed by atoms with Gasteiger partial charge in [0.05, 0.1) is 0 Å². The molecule has 1 aromatic rings. The highest BCUT2D eigenvalue weighted by molar-refractivity contribution is 5.81. The molecule has 1 aromatic carbocycles. The molecule has 0 atom stereocenters. The third-order valence-electron chi connectivity index (χ3n) is 3.23. The topological polar surface area (TPSA) is 68.7 Å². The quantitative estimate of drug-likeness (QED) is 0.591. The summed E-state index contributed by atoms with van der Waals surface area (Å²) in [6.45, 7) is 1.71. The summed E-state index contributed by atoms with van der Waals surface area (Å²) in [4.78, 5) is 7.86. The third kappa shape index (κ3) is 2.38. The molecule has 0 bridgehead atoms. The van der Waals surface area contributed by atoms with Gasteiger partial charge in [0.2, 0.25) is 12.2 Å². The van der Waals surface area contributed by atoms with Gasteiger partial charge in [-0.1, -0.05) is 12.1 Å². The van der Waals surface area contributed by atoms with Crippen molar-refractivity contribution < 1.29 is 0 Å². The van der Waals surface area contributed by atoms with Crippen LogP contribution in [-0.4, -0.2) is 42.9 Å². The normalized spacial score (nSPS) is 19.6. The van der Waals surface area contributed by atoms with Crippen LogP contribution in [-0.2, 0) is 0 Å². The first-order chi connectivity index (χ1) is 8.61. The molecule has 94 valence electrons. The number of nitriles is 1. The predicted octanol–water partition coefficient (Wildman–Crippen LogP) is 1.07. The molecule has 0 amide bonds. The molecule has 0 aliphatic carbocycles. The minimum Gasteiger partial charge on any atom is -0.399 e. The van der Waals surface area contributed by atoms with Gasteiger partial charge >= 0.3 is 0 Å². The van der Waals surface area contributed by atoms with Crippen LogP contribution in [0.4, 0.5) is 5.69 Å². The number of aliphatic imine (C=N–C) groups is 1. The lowest BCUT2D eigenvalue weighted by Crippen LogP contribution is -2.49. The van der Waals surface area contributed by atoms with Crippen LogP contribution in [0, 0.1) is 11.5 Å². The molecule has 1 heterocycles. The van der Waals surface area contributed by atoms with E-state index in [1.165, 1.54) is 5.56 Å². The van der Waals surface area contributed by atoms with Crippen LogP contribution in [0.15, 0.2) is 29.3 Å². The minimum absolute atomic E-state index is 0.401. The first kappa shape index (κ1) is 12.2. The molecule has 0 unspecified atom stereocenters. The molecule has 1 aliphatic heterocycles. The molecule has 2 N–H and O–H groups in total. The Labute approximate surface area is 107 Å². The van der Waals surface area contributed by atoms with Crippen molar-refractivity contribution in [2.75, 3.05) is 32.9 Å². The van der Waals surface area contributed by atoms with Crippen molar-refractivity contribution in [2.45, 2.75) is 5.92 Å². The number of rotatable bonds is 1. The van der Waals surface area contributed by atoms with Gasteiger partial charge in [-0.15, -0.1) is 4.99 Å². The van der Waals surface area contributed by atoms with Gasteiger partial charge < -0.3 is 15.5 Å². The van der Waals surface area contributed by atoms with Gasteiger partial charge in [-0.2, -0.15) is 5.26 Å². The van der Waals surface area contributed by atoms with Gasteiger partial charge in [0.15, 0.2) is 0 Å². The number of nitrogens with zero attached hydrogens (tertiary/aromatic N) is 4. The monoisotopic (exact) mass is 243 g/mol. The Hall–Kier alpha value is -2.22. The van der Waals surface area contributed by atoms with Crippen LogP contribution in [0.25, 0.3) is 0 Å². The second-order valence-corrected chi connectivity index (χ2v) is 4.64. The van der Waals surface area contributed by atoms with E-state index in [9.17, 15) is 0 Å². The smallest absolute Gasteiger partial charge is 0.212 e. The molecule has 5 nitrogen and oxygen atoms in total. The first-order valence-corrected chi connectivity index (χ1v) is 5.86. The fraction of sp³-hybridized carbons (Fsp3) is 0.385. The van der Waals surface area contributed by atoms with Crippen molar-refractivity contribution in [1.82, 2.24) is 9.80 Å². The first-order valence-electron chi connectivity index (χ1n) is 5.86. The summed E-state index contributed by atoms with van der Waals surface area (Å²) in [6.07, 6.45) is 1.85. The Morgan fingerprint density at radius 2 is 1.78 bits per heavy atom. The fourth-order valence-electron chi connectivity index (χ4n) is 2.37. The summed E-state index contributed by atoms with van der Waals surface area (Å²) in [6, 6.07) is 7.98. The van der Waals surface area contributed by atoms with Crippen LogP contribution in [0.1, 0.15) is 11.5 Å². The third-order valence-corrected chi connectivity index (χ3v) is 3.23. The molecule has 0 aromatic heterocycles. The number of nitrogen functional groups attached to an aromatic ring is 1. The zero-order valence-corrected chi connectivity index (χ0v) is 10.7. The molecular weight excluding hydrogens is 226 g/mol. The van der Waals surface area contributed by atoms with Crippen LogP contribution >= 0.6 is 0 Å². The number of benzene rings is 1. The molecule has 0 radical (unpaired) electrons. The molecule has 1 fully saturated rings. The molecule has 5 heteroatoms. The summed E-state index contributed by atoms with van der Waals surface area (Å²) in [5.41, 5.74) is 7.74. The molecule has 1 saturated heterocycles. The lowest BCUT2D eigenvalue weighted by atomic mass is 9.96. The van der Waals surface area contributed by atoms with Gasteiger partial charge in [-0.25, -0.2) is 0 Å². The van der Waals surface area contributed by atoms with Crippen molar-refractivity contribution in [3.63, 3.8) is 0 Å². The average Bonchev–Trinajstić information content (AvgIpc) is 2.34. The maximum absolute atomic E-state index is 8.66. The highest BCUT2D eigenvalue weighted by atomic mass is 15.4. The van der Waals surface area contributed by atoms with Gasteiger partial charge in [0, 0.05) is 38.8 Å². The van der Waals surface area contributed by atoms with E-state index in [1.54, 1.807) is 0 Å². The fourth-order valence-corrected chi connectivity index (χ4v) is 2.37.